The van der Waals surface area contributed by atoms with E-state index in [0.717, 1.165) is 24.2 Å². The third kappa shape index (κ3) is 6.48. The van der Waals surface area contributed by atoms with Crippen molar-refractivity contribution in [1.82, 2.24) is 0 Å². The van der Waals surface area contributed by atoms with Crippen LogP contribution in [0.15, 0.2) is 11.6 Å². The van der Waals surface area contributed by atoms with E-state index in [2.05, 4.69) is 40.7 Å². The van der Waals surface area contributed by atoms with Gasteiger partial charge in [0.2, 0.25) is 0 Å². The molecule has 15 heavy (non-hydrogen) atoms. The first-order chi connectivity index (χ1) is 6.99. The Morgan fingerprint density at radius 1 is 1.13 bits per heavy atom. The first-order valence-corrected chi connectivity index (χ1v) is 6.14. The molecule has 0 saturated carbocycles. The molecule has 0 aromatic rings. The van der Waals surface area contributed by atoms with Gasteiger partial charge in [0.05, 0.1) is 0 Å². The van der Waals surface area contributed by atoms with Crippen LogP contribution in [0.25, 0.3) is 0 Å². The molecule has 0 aliphatic rings. The van der Waals surface area contributed by atoms with E-state index < -0.39 is 0 Å². The Bertz CT molecular complexity index is 201. The molecule has 0 N–H and O–H groups in total. The maximum absolute atomic E-state index is 10.9. The minimum atomic E-state index is 0.390. The summed E-state index contributed by atoms with van der Waals surface area (Å²) in [6.07, 6.45) is 6.64. The van der Waals surface area contributed by atoms with Crippen LogP contribution in [0.3, 0.4) is 0 Å². The van der Waals surface area contributed by atoms with Crippen molar-refractivity contribution in [1.29, 1.82) is 0 Å². The molecule has 1 atom stereocenters. The number of hydrogen-bond acceptors (Lipinski definition) is 1. The Morgan fingerprint density at radius 3 is 2.13 bits per heavy atom. The molecule has 0 saturated heterocycles. The second kappa shape index (κ2) is 7.67. The highest BCUT2D eigenvalue weighted by Gasteiger charge is 2.11. The summed E-state index contributed by atoms with van der Waals surface area (Å²) in [6.45, 7) is 10.9. The maximum Gasteiger partial charge on any atom is 0.145 e. The predicted octanol–water partition coefficient (Wildman–Crippen LogP) is 4.23. The molecular weight excluding hydrogens is 184 g/mol. The number of aldehydes is 1. The van der Waals surface area contributed by atoms with E-state index in [0.29, 0.717) is 11.8 Å². The van der Waals surface area contributed by atoms with Crippen LogP contribution in [-0.4, -0.2) is 6.29 Å². The Hall–Kier alpha value is -0.590. The van der Waals surface area contributed by atoms with Gasteiger partial charge in [-0.3, -0.25) is 4.79 Å². The largest absolute Gasteiger partial charge is 0.298 e. The molecule has 0 aliphatic heterocycles. The molecule has 0 aromatic carbocycles. The van der Waals surface area contributed by atoms with Gasteiger partial charge in [0.25, 0.3) is 0 Å². The van der Waals surface area contributed by atoms with Crippen molar-refractivity contribution in [2.45, 2.75) is 53.9 Å². The Balaban J connectivity index is 4.05. The second-order valence-corrected chi connectivity index (χ2v) is 5.18. The molecule has 0 fully saturated rings. The monoisotopic (exact) mass is 210 g/mol. The van der Waals surface area contributed by atoms with Crippen LogP contribution in [0.2, 0.25) is 0 Å². The number of rotatable bonds is 7. The van der Waals surface area contributed by atoms with Gasteiger partial charge >= 0.3 is 0 Å². The van der Waals surface area contributed by atoms with Crippen LogP contribution in [0, 0.1) is 17.8 Å². The average Bonchev–Trinajstić information content (AvgIpc) is 2.16. The van der Waals surface area contributed by atoms with E-state index in [1.807, 2.05) is 0 Å². The van der Waals surface area contributed by atoms with E-state index in [1.165, 1.54) is 12.8 Å². The Labute approximate surface area is 95.0 Å². The van der Waals surface area contributed by atoms with Gasteiger partial charge < -0.3 is 0 Å². The third-order valence-electron chi connectivity index (χ3n) is 3.03. The van der Waals surface area contributed by atoms with Crippen molar-refractivity contribution in [3.8, 4) is 0 Å². The lowest BCUT2D eigenvalue weighted by Gasteiger charge is -2.15. The van der Waals surface area contributed by atoms with E-state index >= 15 is 0 Å². The normalized spacial score (nSPS) is 14.7. The topological polar surface area (TPSA) is 17.1 Å². The molecular formula is C14H26O. The minimum Gasteiger partial charge on any atom is -0.298 e. The zero-order chi connectivity index (χ0) is 11.8. The first kappa shape index (κ1) is 14.4. The summed E-state index contributed by atoms with van der Waals surface area (Å²) >= 11 is 0. The van der Waals surface area contributed by atoms with Crippen LogP contribution >= 0.6 is 0 Å². The van der Waals surface area contributed by atoms with E-state index in [1.54, 1.807) is 0 Å². The number of allylic oxidation sites excluding steroid dienone is 2. The Morgan fingerprint density at radius 2 is 1.73 bits per heavy atom. The summed E-state index contributed by atoms with van der Waals surface area (Å²) in [6, 6.07) is 0. The maximum atomic E-state index is 10.9. The van der Waals surface area contributed by atoms with E-state index in [-0.39, 0.29) is 0 Å². The van der Waals surface area contributed by atoms with Gasteiger partial charge in [0.1, 0.15) is 6.29 Å². The van der Waals surface area contributed by atoms with Crippen molar-refractivity contribution >= 4 is 6.29 Å². The molecule has 0 spiro atoms. The fourth-order valence-electron chi connectivity index (χ4n) is 1.52. The lowest BCUT2D eigenvalue weighted by atomic mass is 9.90. The third-order valence-corrected chi connectivity index (χ3v) is 3.03. The van der Waals surface area contributed by atoms with Gasteiger partial charge in [0, 0.05) is 0 Å². The van der Waals surface area contributed by atoms with Crippen LogP contribution in [0.1, 0.15) is 53.9 Å². The van der Waals surface area contributed by atoms with Crippen molar-refractivity contribution in [2.75, 3.05) is 0 Å². The molecule has 1 unspecified atom stereocenters. The molecule has 0 aromatic heterocycles. The summed E-state index contributed by atoms with van der Waals surface area (Å²) in [5.74, 6) is 1.70. The summed E-state index contributed by atoms with van der Waals surface area (Å²) in [4.78, 5) is 10.9. The number of carbonyl (C=O) groups excluding carboxylic acids is 1. The SMILES string of the molecule is CC(C)CCCC=C(C=O)C(C)C(C)C. The molecule has 0 amide bonds. The molecule has 0 heterocycles. The summed E-state index contributed by atoms with van der Waals surface area (Å²) in [5.41, 5.74) is 0.980. The predicted molar refractivity (Wildman–Crippen MR) is 66.8 cm³/mol. The molecule has 0 rings (SSSR count). The lowest BCUT2D eigenvalue weighted by Crippen LogP contribution is -2.08. The van der Waals surface area contributed by atoms with Gasteiger partial charge in [-0.1, -0.05) is 47.1 Å². The number of carbonyl (C=O) groups is 1. The van der Waals surface area contributed by atoms with Crippen molar-refractivity contribution in [3.63, 3.8) is 0 Å². The van der Waals surface area contributed by atoms with Gasteiger partial charge in [0.15, 0.2) is 0 Å². The van der Waals surface area contributed by atoms with Gasteiger partial charge in [-0.2, -0.15) is 0 Å². The van der Waals surface area contributed by atoms with Crippen molar-refractivity contribution < 1.29 is 4.79 Å². The zero-order valence-electron chi connectivity index (χ0n) is 10.9. The second-order valence-electron chi connectivity index (χ2n) is 5.18. The smallest absolute Gasteiger partial charge is 0.145 e. The fourth-order valence-corrected chi connectivity index (χ4v) is 1.52. The highest BCUT2D eigenvalue weighted by Crippen LogP contribution is 2.19. The van der Waals surface area contributed by atoms with Crippen LogP contribution < -0.4 is 0 Å². The molecule has 0 bridgehead atoms. The summed E-state index contributed by atoms with van der Waals surface area (Å²) < 4.78 is 0. The van der Waals surface area contributed by atoms with E-state index in [9.17, 15) is 4.79 Å². The number of unbranched alkanes of at least 4 members (excludes halogenated alkanes) is 1. The standard InChI is InChI=1S/C14H26O/c1-11(2)8-6-7-9-14(10-15)13(5)12(3)4/h9-13H,6-8H2,1-5H3. The molecule has 88 valence electrons. The average molecular weight is 210 g/mol. The number of hydrogen-bond donors (Lipinski definition) is 0. The minimum absolute atomic E-state index is 0.390. The molecule has 0 aliphatic carbocycles. The quantitative estimate of drug-likeness (QED) is 0.349. The van der Waals surface area contributed by atoms with Crippen LogP contribution in [-0.2, 0) is 4.79 Å². The van der Waals surface area contributed by atoms with Gasteiger partial charge in [-0.25, -0.2) is 0 Å². The molecule has 1 heteroatoms. The first-order valence-electron chi connectivity index (χ1n) is 6.14. The molecule has 0 radical (unpaired) electrons. The lowest BCUT2D eigenvalue weighted by molar-refractivity contribution is -0.105. The van der Waals surface area contributed by atoms with Crippen molar-refractivity contribution in [3.05, 3.63) is 11.6 Å². The Kier molecular flexibility index (Phi) is 7.37. The highest BCUT2D eigenvalue weighted by molar-refractivity contribution is 5.73. The van der Waals surface area contributed by atoms with Gasteiger partial charge in [-0.15, -0.1) is 0 Å². The summed E-state index contributed by atoms with van der Waals surface area (Å²) in [7, 11) is 0. The summed E-state index contributed by atoms with van der Waals surface area (Å²) in [5, 5.41) is 0. The highest BCUT2D eigenvalue weighted by atomic mass is 16.1. The van der Waals surface area contributed by atoms with Crippen LogP contribution in [0.4, 0.5) is 0 Å². The van der Waals surface area contributed by atoms with Crippen LogP contribution in [0.5, 0.6) is 0 Å². The van der Waals surface area contributed by atoms with E-state index in [4.69, 9.17) is 0 Å². The zero-order valence-corrected chi connectivity index (χ0v) is 10.9. The van der Waals surface area contributed by atoms with Crippen molar-refractivity contribution in [2.24, 2.45) is 17.8 Å². The fraction of sp³-hybridized carbons (Fsp3) is 0.786. The molecule has 1 nitrogen and oxygen atoms in total. The van der Waals surface area contributed by atoms with Gasteiger partial charge in [-0.05, 0) is 36.2 Å².